The minimum Gasteiger partial charge on any atom is -0.463 e. The van der Waals surface area contributed by atoms with E-state index in [9.17, 15) is 18.0 Å². The van der Waals surface area contributed by atoms with Crippen LogP contribution in [0.1, 0.15) is 16.1 Å². The molecule has 0 saturated heterocycles. The van der Waals surface area contributed by atoms with Crippen molar-refractivity contribution in [1.82, 2.24) is 5.16 Å². The van der Waals surface area contributed by atoms with Gasteiger partial charge in [-0.25, -0.2) is 13.2 Å². The van der Waals surface area contributed by atoms with Crippen molar-refractivity contribution in [3.63, 3.8) is 0 Å². The smallest absolute Gasteiger partial charge is 0.261 e. The van der Waals surface area contributed by atoms with Crippen LogP contribution >= 0.6 is 0 Å². The monoisotopic (exact) mass is 322 g/mol. The summed E-state index contributed by atoms with van der Waals surface area (Å²) in [4.78, 5) is 12.3. The number of amides is 1. The van der Waals surface area contributed by atoms with E-state index in [0.717, 1.165) is 6.07 Å². The number of nitrogens with zero attached hydrogens (tertiary/aromatic N) is 1. The largest absolute Gasteiger partial charge is 0.463 e. The molecule has 1 aromatic carbocycles. The van der Waals surface area contributed by atoms with Crippen molar-refractivity contribution in [3.05, 3.63) is 59.3 Å². The highest BCUT2D eigenvalue weighted by Crippen LogP contribution is 2.27. The van der Waals surface area contributed by atoms with Crippen LogP contribution in [0.2, 0.25) is 0 Å². The second kappa shape index (κ2) is 5.64. The van der Waals surface area contributed by atoms with Crippen LogP contribution in [0.4, 0.5) is 18.9 Å². The van der Waals surface area contributed by atoms with Crippen LogP contribution < -0.4 is 5.32 Å². The van der Waals surface area contributed by atoms with Crippen molar-refractivity contribution in [2.45, 2.75) is 6.92 Å². The van der Waals surface area contributed by atoms with Gasteiger partial charge in [-0.2, -0.15) is 0 Å². The number of hydrogen-bond acceptors (Lipinski definition) is 4. The lowest BCUT2D eigenvalue weighted by molar-refractivity contribution is 0.102. The highest BCUT2D eigenvalue weighted by molar-refractivity contribution is 6.08. The number of benzene rings is 1. The van der Waals surface area contributed by atoms with Crippen LogP contribution in [-0.4, -0.2) is 11.1 Å². The first-order chi connectivity index (χ1) is 11.0. The van der Waals surface area contributed by atoms with E-state index in [1.807, 2.05) is 0 Å². The van der Waals surface area contributed by atoms with Crippen molar-refractivity contribution < 1.29 is 26.9 Å². The fraction of sp³-hybridized carbons (Fsp3) is 0.0667. The third-order valence-corrected chi connectivity index (χ3v) is 3.13. The van der Waals surface area contributed by atoms with Gasteiger partial charge in [-0.15, -0.1) is 0 Å². The summed E-state index contributed by atoms with van der Waals surface area (Å²) >= 11 is 0. The number of nitrogens with one attached hydrogen (secondary N) is 1. The maximum atomic E-state index is 13.7. The number of aryl methyl sites for hydroxylation is 1. The molecule has 23 heavy (non-hydrogen) atoms. The van der Waals surface area contributed by atoms with E-state index in [0.29, 0.717) is 6.07 Å². The molecule has 2 heterocycles. The molecular weight excluding hydrogens is 313 g/mol. The van der Waals surface area contributed by atoms with Gasteiger partial charge in [-0.1, -0.05) is 5.16 Å². The molecule has 3 rings (SSSR count). The highest BCUT2D eigenvalue weighted by atomic mass is 19.2. The van der Waals surface area contributed by atoms with Crippen LogP contribution in [-0.2, 0) is 0 Å². The third kappa shape index (κ3) is 2.59. The summed E-state index contributed by atoms with van der Waals surface area (Å²) in [5.74, 6) is -4.87. The Bertz CT molecular complexity index is 872. The Labute approximate surface area is 127 Å². The highest BCUT2D eigenvalue weighted by Gasteiger charge is 2.25. The Kier molecular flexibility index (Phi) is 3.65. The van der Waals surface area contributed by atoms with Crippen molar-refractivity contribution in [1.29, 1.82) is 0 Å². The normalized spacial score (nSPS) is 10.8. The molecule has 0 atom stereocenters. The SMILES string of the molecule is Cc1onc(-c2ccco2)c1C(=O)Nc1ccc(F)c(F)c1F. The quantitative estimate of drug-likeness (QED) is 0.742. The van der Waals surface area contributed by atoms with Crippen molar-refractivity contribution in [2.24, 2.45) is 0 Å². The van der Waals surface area contributed by atoms with E-state index in [4.69, 9.17) is 8.94 Å². The molecule has 5 nitrogen and oxygen atoms in total. The summed E-state index contributed by atoms with van der Waals surface area (Å²) in [5, 5.41) is 5.88. The van der Waals surface area contributed by atoms with E-state index in [-0.39, 0.29) is 22.8 Å². The number of hydrogen-bond donors (Lipinski definition) is 1. The molecule has 3 aromatic rings. The van der Waals surface area contributed by atoms with Crippen LogP contribution in [0.15, 0.2) is 39.5 Å². The van der Waals surface area contributed by atoms with Gasteiger partial charge in [0.25, 0.3) is 5.91 Å². The molecule has 0 aliphatic rings. The predicted octanol–water partition coefficient (Wildman–Crippen LogP) is 3.91. The van der Waals surface area contributed by atoms with Gasteiger partial charge in [-0.05, 0) is 31.2 Å². The van der Waals surface area contributed by atoms with E-state index in [1.54, 1.807) is 12.1 Å². The Morgan fingerprint density at radius 2 is 1.96 bits per heavy atom. The molecule has 118 valence electrons. The Morgan fingerprint density at radius 1 is 1.17 bits per heavy atom. The van der Waals surface area contributed by atoms with Crippen molar-refractivity contribution >= 4 is 11.6 Å². The zero-order valence-corrected chi connectivity index (χ0v) is 11.7. The molecule has 0 aliphatic heterocycles. The number of aromatic nitrogens is 1. The predicted molar refractivity (Wildman–Crippen MR) is 73.2 cm³/mol. The molecule has 1 N–H and O–H groups in total. The van der Waals surface area contributed by atoms with Crippen LogP contribution in [0.5, 0.6) is 0 Å². The van der Waals surface area contributed by atoms with Gasteiger partial charge in [0.05, 0.1) is 12.0 Å². The lowest BCUT2D eigenvalue weighted by atomic mass is 10.1. The number of carbonyl (C=O) groups excluding carboxylic acids is 1. The van der Waals surface area contributed by atoms with Gasteiger partial charge < -0.3 is 14.3 Å². The molecule has 8 heteroatoms. The van der Waals surface area contributed by atoms with Crippen LogP contribution in [0.25, 0.3) is 11.5 Å². The van der Waals surface area contributed by atoms with E-state index < -0.39 is 29.0 Å². The summed E-state index contributed by atoms with van der Waals surface area (Å²) in [7, 11) is 0. The molecule has 0 radical (unpaired) electrons. The summed E-state index contributed by atoms with van der Waals surface area (Å²) < 4.78 is 49.9. The fourth-order valence-electron chi connectivity index (χ4n) is 2.03. The first kappa shape index (κ1) is 14.9. The number of anilines is 1. The standard InChI is InChI=1S/C15H9F3N2O3/c1-7-11(14(20-23-7)10-3-2-6-22-10)15(21)19-9-5-4-8(16)12(17)13(9)18/h2-6H,1H3,(H,19,21). The topological polar surface area (TPSA) is 68.3 Å². The minimum absolute atomic E-state index is 0.00378. The number of rotatable bonds is 3. The first-order valence-corrected chi connectivity index (χ1v) is 6.44. The Morgan fingerprint density at radius 3 is 2.65 bits per heavy atom. The van der Waals surface area contributed by atoms with E-state index in [1.165, 1.54) is 13.2 Å². The minimum atomic E-state index is -1.67. The summed E-state index contributed by atoms with van der Waals surface area (Å²) in [6, 6.07) is 4.78. The summed E-state index contributed by atoms with van der Waals surface area (Å²) in [6.07, 6.45) is 1.38. The lowest BCUT2D eigenvalue weighted by Gasteiger charge is -2.07. The van der Waals surface area contributed by atoms with Crippen LogP contribution in [0, 0.1) is 24.4 Å². The zero-order chi connectivity index (χ0) is 16.6. The molecule has 0 aliphatic carbocycles. The van der Waals surface area contributed by atoms with Gasteiger partial charge in [0.2, 0.25) is 0 Å². The average molecular weight is 322 g/mol. The van der Waals surface area contributed by atoms with Gasteiger partial charge in [0.15, 0.2) is 28.9 Å². The molecule has 0 saturated carbocycles. The lowest BCUT2D eigenvalue weighted by Crippen LogP contribution is -2.15. The van der Waals surface area contributed by atoms with Crippen molar-refractivity contribution in [3.8, 4) is 11.5 Å². The maximum Gasteiger partial charge on any atom is 0.261 e. The number of carbonyl (C=O) groups is 1. The summed E-state index contributed by atoms with van der Waals surface area (Å²) in [6.45, 7) is 1.48. The van der Waals surface area contributed by atoms with Gasteiger partial charge in [0, 0.05) is 0 Å². The zero-order valence-electron chi connectivity index (χ0n) is 11.7. The average Bonchev–Trinajstić information content (AvgIpc) is 3.17. The Balaban J connectivity index is 1.97. The molecule has 2 aromatic heterocycles. The van der Waals surface area contributed by atoms with Gasteiger partial charge in [0.1, 0.15) is 11.3 Å². The molecule has 1 amide bonds. The molecular formula is C15H9F3N2O3. The maximum absolute atomic E-state index is 13.7. The Hall–Kier alpha value is -3.03. The van der Waals surface area contributed by atoms with Gasteiger partial charge in [-0.3, -0.25) is 4.79 Å². The van der Waals surface area contributed by atoms with Crippen LogP contribution in [0.3, 0.4) is 0 Å². The molecule has 0 unspecified atom stereocenters. The fourth-order valence-corrected chi connectivity index (χ4v) is 2.03. The second-order valence-electron chi connectivity index (χ2n) is 4.62. The molecule has 0 fully saturated rings. The second-order valence-corrected chi connectivity index (χ2v) is 4.62. The van der Waals surface area contributed by atoms with Crippen molar-refractivity contribution in [2.75, 3.05) is 5.32 Å². The molecule has 0 bridgehead atoms. The third-order valence-electron chi connectivity index (χ3n) is 3.13. The molecule has 0 spiro atoms. The summed E-state index contributed by atoms with van der Waals surface area (Å²) in [5.41, 5.74) is -0.378. The van der Waals surface area contributed by atoms with Gasteiger partial charge >= 0.3 is 0 Å². The van der Waals surface area contributed by atoms with E-state index in [2.05, 4.69) is 10.5 Å². The number of halogens is 3. The first-order valence-electron chi connectivity index (χ1n) is 6.44. The van der Waals surface area contributed by atoms with E-state index >= 15 is 0 Å². The number of furan rings is 1.